The molecule has 0 saturated heterocycles. The third-order valence-corrected chi connectivity index (χ3v) is 5.25. The zero-order valence-corrected chi connectivity index (χ0v) is 14.8. The molecule has 1 heterocycles. The van der Waals surface area contributed by atoms with Crippen LogP contribution in [0.25, 0.3) is 0 Å². The first-order chi connectivity index (χ1) is 9.88. The fourth-order valence-electron chi connectivity index (χ4n) is 2.73. The summed E-state index contributed by atoms with van der Waals surface area (Å²) < 4.78 is 6.79. The molecule has 0 aliphatic carbocycles. The summed E-state index contributed by atoms with van der Waals surface area (Å²) >= 11 is 10.3. The van der Waals surface area contributed by atoms with E-state index in [1.165, 1.54) is 11.1 Å². The van der Waals surface area contributed by atoms with E-state index in [0.29, 0.717) is 0 Å². The van der Waals surface area contributed by atoms with E-state index in [1.54, 1.807) is 0 Å². The average molecular weight is 366 g/mol. The van der Waals surface area contributed by atoms with Crippen molar-refractivity contribution in [3.05, 3.63) is 63.1 Å². The summed E-state index contributed by atoms with van der Waals surface area (Å²) in [6.45, 7) is 7.22. The van der Waals surface area contributed by atoms with Gasteiger partial charge in [-0.15, -0.1) is 11.6 Å². The molecule has 2 aromatic rings. The van der Waals surface area contributed by atoms with E-state index in [4.69, 9.17) is 16.3 Å². The summed E-state index contributed by atoms with van der Waals surface area (Å²) in [6, 6.07) is 12.6. The second kappa shape index (κ2) is 5.33. The Balaban J connectivity index is 2.03. The van der Waals surface area contributed by atoms with Crippen molar-refractivity contribution in [3.8, 4) is 5.75 Å². The largest absolute Gasteiger partial charge is 0.492 e. The molecule has 3 heteroatoms. The summed E-state index contributed by atoms with van der Waals surface area (Å²) in [7, 11) is 0. The minimum absolute atomic E-state index is 0.0474. The number of ether oxygens (including phenoxy) is 1. The summed E-state index contributed by atoms with van der Waals surface area (Å²) in [5.74, 6) is 0.982. The zero-order chi connectivity index (χ0) is 15.2. The number of alkyl halides is 1. The van der Waals surface area contributed by atoms with Crippen LogP contribution in [-0.4, -0.2) is 6.61 Å². The van der Waals surface area contributed by atoms with Crippen molar-refractivity contribution < 1.29 is 4.74 Å². The minimum Gasteiger partial charge on any atom is -0.492 e. The Morgan fingerprint density at radius 2 is 1.95 bits per heavy atom. The van der Waals surface area contributed by atoms with Gasteiger partial charge in [-0.2, -0.15) is 0 Å². The van der Waals surface area contributed by atoms with Gasteiger partial charge in [0.15, 0.2) is 0 Å². The Morgan fingerprint density at radius 3 is 2.71 bits per heavy atom. The molecule has 0 saturated carbocycles. The molecule has 1 aliphatic rings. The molecule has 1 nitrogen and oxygen atoms in total. The van der Waals surface area contributed by atoms with Crippen LogP contribution >= 0.6 is 27.5 Å². The van der Waals surface area contributed by atoms with Crippen LogP contribution in [-0.2, 0) is 5.41 Å². The lowest BCUT2D eigenvalue weighted by Gasteiger charge is -2.18. The second-order valence-electron chi connectivity index (χ2n) is 6.32. The molecule has 110 valence electrons. The Kier molecular flexibility index (Phi) is 3.79. The number of aryl methyl sites for hydroxylation is 1. The fraction of sp³-hybridized carbons (Fsp3) is 0.333. The molecule has 1 unspecified atom stereocenters. The monoisotopic (exact) mass is 364 g/mol. The van der Waals surface area contributed by atoms with E-state index in [9.17, 15) is 0 Å². The summed E-state index contributed by atoms with van der Waals surface area (Å²) in [5, 5.41) is -0.166. The van der Waals surface area contributed by atoms with Crippen LogP contribution in [0.4, 0.5) is 0 Å². The van der Waals surface area contributed by atoms with Crippen molar-refractivity contribution in [2.24, 2.45) is 0 Å². The predicted molar refractivity (Wildman–Crippen MR) is 91.5 cm³/mol. The maximum Gasteiger partial charge on any atom is 0.123 e. The molecule has 3 rings (SSSR count). The van der Waals surface area contributed by atoms with Crippen molar-refractivity contribution >= 4 is 27.5 Å². The normalized spacial score (nSPS) is 17.2. The first-order valence-electron chi connectivity index (χ1n) is 7.06. The Labute approximate surface area is 139 Å². The highest BCUT2D eigenvalue weighted by Gasteiger charge is 2.32. The van der Waals surface area contributed by atoms with E-state index in [1.807, 2.05) is 6.07 Å². The fourth-order valence-corrected chi connectivity index (χ4v) is 3.66. The molecular weight excluding hydrogens is 348 g/mol. The summed E-state index contributed by atoms with van der Waals surface area (Å²) in [6.07, 6.45) is 0. The van der Waals surface area contributed by atoms with Crippen molar-refractivity contribution in [2.75, 3.05) is 6.61 Å². The molecule has 0 N–H and O–H groups in total. The van der Waals surface area contributed by atoms with Crippen LogP contribution in [0.1, 0.15) is 41.5 Å². The zero-order valence-electron chi connectivity index (χ0n) is 12.4. The highest BCUT2D eigenvalue weighted by Crippen LogP contribution is 2.42. The van der Waals surface area contributed by atoms with Crippen LogP contribution in [0.3, 0.4) is 0 Å². The van der Waals surface area contributed by atoms with Crippen LogP contribution in [0.2, 0.25) is 0 Å². The van der Waals surface area contributed by atoms with Crippen LogP contribution in [0, 0.1) is 6.92 Å². The summed E-state index contributed by atoms with van der Waals surface area (Å²) in [4.78, 5) is 0. The maximum absolute atomic E-state index is 6.73. The van der Waals surface area contributed by atoms with E-state index in [2.05, 4.69) is 67.0 Å². The number of rotatable bonds is 2. The van der Waals surface area contributed by atoms with Gasteiger partial charge in [0.1, 0.15) is 5.75 Å². The standard InChI is InChI=1S/C18H18BrClO/c1-11-4-6-15(19)13(8-11)17(20)12-5-7-16-14(9-12)18(2,3)10-21-16/h4-9,17H,10H2,1-3H3. The first kappa shape index (κ1) is 14.9. The summed E-state index contributed by atoms with van der Waals surface area (Å²) in [5.41, 5.74) is 4.72. The highest BCUT2D eigenvalue weighted by molar-refractivity contribution is 9.10. The molecular formula is C18H18BrClO. The average Bonchev–Trinajstić information content (AvgIpc) is 2.76. The molecule has 0 amide bonds. The lowest BCUT2D eigenvalue weighted by atomic mass is 9.85. The van der Waals surface area contributed by atoms with Crippen LogP contribution in [0.5, 0.6) is 5.75 Å². The number of hydrogen-bond acceptors (Lipinski definition) is 1. The lowest BCUT2D eigenvalue weighted by Crippen LogP contribution is -2.18. The van der Waals surface area contributed by atoms with Gasteiger partial charge in [-0.25, -0.2) is 0 Å². The predicted octanol–water partition coefficient (Wildman–Crippen LogP) is 5.76. The molecule has 1 atom stereocenters. The van der Waals surface area contributed by atoms with Gasteiger partial charge in [0.2, 0.25) is 0 Å². The van der Waals surface area contributed by atoms with Crippen molar-refractivity contribution in [2.45, 2.75) is 31.6 Å². The van der Waals surface area contributed by atoms with Gasteiger partial charge in [0, 0.05) is 15.5 Å². The third-order valence-electron chi connectivity index (χ3n) is 4.04. The Bertz CT molecular complexity index is 694. The minimum atomic E-state index is -0.166. The van der Waals surface area contributed by atoms with Crippen molar-refractivity contribution in [1.29, 1.82) is 0 Å². The smallest absolute Gasteiger partial charge is 0.123 e. The van der Waals surface area contributed by atoms with E-state index < -0.39 is 0 Å². The number of halogens is 2. The van der Waals surface area contributed by atoms with E-state index >= 15 is 0 Å². The topological polar surface area (TPSA) is 9.23 Å². The van der Waals surface area contributed by atoms with Crippen LogP contribution < -0.4 is 4.74 Å². The van der Waals surface area contributed by atoms with Gasteiger partial charge in [0.05, 0.1) is 12.0 Å². The lowest BCUT2D eigenvalue weighted by molar-refractivity contribution is 0.291. The van der Waals surface area contributed by atoms with E-state index in [-0.39, 0.29) is 10.8 Å². The second-order valence-corrected chi connectivity index (χ2v) is 7.61. The van der Waals surface area contributed by atoms with Gasteiger partial charge in [-0.3, -0.25) is 0 Å². The molecule has 0 bridgehead atoms. The maximum atomic E-state index is 6.73. The molecule has 0 fully saturated rings. The van der Waals surface area contributed by atoms with Crippen molar-refractivity contribution in [1.82, 2.24) is 0 Å². The van der Waals surface area contributed by atoms with Gasteiger partial charge >= 0.3 is 0 Å². The molecule has 1 aliphatic heterocycles. The number of hydrogen-bond donors (Lipinski definition) is 0. The third kappa shape index (κ3) is 2.72. The highest BCUT2D eigenvalue weighted by atomic mass is 79.9. The van der Waals surface area contributed by atoms with Crippen molar-refractivity contribution in [3.63, 3.8) is 0 Å². The van der Waals surface area contributed by atoms with E-state index in [0.717, 1.165) is 28.0 Å². The van der Waals surface area contributed by atoms with Crippen LogP contribution in [0.15, 0.2) is 40.9 Å². The van der Waals surface area contributed by atoms with Gasteiger partial charge in [-0.05, 0) is 36.2 Å². The molecule has 0 radical (unpaired) electrons. The quantitative estimate of drug-likeness (QED) is 0.615. The Hall–Kier alpha value is -0.990. The molecule has 0 aromatic heterocycles. The van der Waals surface area contributed by atoms with Gasteiger partial charge in [-0.1, -0.05) is 53.5 Å². The first-order valence-corrected chi connectivity index (χ1v) is 8.29. The molecule has 2 aromatic carbocycles. The number of fused-ring (bicyclic) bond motifs is 1. The number of benzene rings is 2. The molecule has 0 spiro atoms. The molecule has 21 heavy (non-hydrogen) atoms. The van der Waals surface area contributed by atoms with Gasteiger partial charge in [0.25, 0.3) is 0 Å². The SMILES string of the molecule is Cc1ccc(Br)c(C(Cl)c2ccc3c(c2)C(C)(C)CO3)c1. The Morgan fingerprint density at radius 1 is 1.19 bits per heavy atom. The van der Waals surface area contributed by atoms with Gasteiger partial charge < -0.3 is 4.74 Å².